The minimum absolute atomic E-state index is 0.0220. The van der Waals surface area contributed by atoms with Gasteiger partial charge in [-0.2, -0.15) is 0 Å². The zero-order valence-electron chi connectivity index (χ0n) is 14.6. The van der Waals surface area contributed by atoms with Gasteiger partial charge in [0.15, 0.2) is 0 Å². The summed E-state index contributed by atoms with van der Waals surface area (Å²) in [6.45, 7) is 16.6. The number of allylic oxidation sites excluding steroid dienone is 1. The second-order valence-corrected chi connectivity index (χ2v) is 7.82. The number of carboxylic acids is 1. The molecule has 0 amide bonds. The Morgan fingerprint density at radius 2 is 1.48 bits per heavy atom. The van der Waals surface area contributed by atoms with Gasteiger partial charge in [-0.05, 0) is 46.9 Å². The van der Waals surface area contributed by atoms with Crippen molar-refractivity contribution in [2.45, 2.75) is 66.2 Å². The molecular weight excluding hydrogens is 260 g/mol. The van der Waals surface area contributed by atoms with Gasteiger partial charge in [-0.1, -0.05) is 59.7 Å². The molecule has 0 atom stereocenters. The molecule has 0 spiro atoms. The molecular formula is C19H28O2. The molecule has 0 saturated heterocycles. The maximum Gasteiger partial charge on any atom is 0.331 e. The molecule has 1 aromatic carbocycles. The van der Waals surface area contributed by atoms with Crippen molar-refractivity contribution < 1.29 is 9.90 Å². The average molecular weight is 288 g/mol. The SMILES string of the molecule is CC(C(=O)O)=C(C)c1cc(C(C)(C)C)ccc1C(C)(C)C. The number of carboxylic acid groups (broad SMARTS) is 1. The topological polar surface area (TPSA) is 37.3 Å². The van der Waals surface area contributed by atoms with Crippen LogP contribution in [0.25, 0.3) is 5.57 Å². The van der Waals surface area contributed by atoms with Gasteiger partial charge in [0.25, 0.3) is 0 Å². The molecule has 0 aliphatic heterocycles. The van der Waals surface area contributed by atoms with Gasteiger partial charge in [0.05, 0.1) is 0 Å². The number of rotatable bonds is 2. The van der Waals surface area contributed by atoms with Gasteiger partial charge in [0, 0.05) is 5.57 Å². The van der Waals surface area contributed by atoms with Crippen LogP contribution in [-0.2, 0) is 15.6 Å². The van der Waals surface area contributed by atoms with Gasteiger partial charge in [0.2, 0.25) is 0 Å². The van der Waals surface area contributed by atoms with E-state index >= 15 is 0 Å². The van der Waals surface area contributed by atoms with Crippen molar-refractivity contribution in [1.82, 2.24) is 0 Å². The van der Waals surface area contributed by atoms with Gasteiger partial charge in [0.1, 0.15) is 0 Å². The van der Waals surface area contributed by atoms with Crippen LogP contribution in [-0.4, -0.2) is 11.1 Å². The molecule has 0 fully saturated rings. The summed E-state index contributed by atoms with van der Waals surface area (Å²) in [6.07, 6.45) is 0. The predicted octanol–water partition coefficient (Wildman–Crippen LogP) is 5.16. The summed E-state index contributed by atoms with van der Waals surface area (Å²) in [4.78, 5) is 11.3. The smallest absolute Gasteiger partial charge is 0.331 e. The van der Waals surface area contributed by atoms with Crippen LogP contribution in [0.3, 0.4) is 0 Å². The first-order chi connectivity index (χ1) is 9.35. The number of benzene rings is 1. The van der Waals surface area contributed by atoms with Crippen molar-refractivity contribution in [1.29, 1.82) is 0 Å². The molecule has 0 radical (unpaired) electrons. The lowest BCUT2D eigenvalue weighted by atomic mass is 9.77. The molecule has 1 rings (SSSR count). The maximum absolute atomic E-state index is 11.3. The molecule has 0 aliphatic carbocycles. The Labute approximate surface area is 128 Å². The van der Waals surface area contributed by atoms with Crippen LogP contribution in [0.5, 0.6) is 0 Å². The van der Waals surface area contributed by atoms with Crippen molar-refractivity contribution in [3.63, 3.8) is 0 Å². The van der Waals surface area contributed by atoms with E-state index in [-0.39, 0.29) is 10.8 Å². The minimum atomic E-state index is -0.853. The zero-order valence-corrected chi connectivity index (χ0v) is 14.6. The first kappa shape index (κ1) is 17.5. The van der Waals surface area contributed by atoms with E-state index < -0.39 is 5.97 Å². The summed E-state index contributed by atoms with van der Waals surface area (Å²) >= 11 is 0. The highest BCUT2D eigenvalue weighted by molar-refractivity contribution is 5.95. The standard InChI is InChI=1S/C19H28O2/c1-12(13(2)17(20)21)15-11-14(18(3,4)5)9-10-16(15)19(6,7)8/h9-11H,1-8H3,(H,20,21). The fourth-order valence-electron chi connectivity index (χ4n) is 2.34. The molecule has 0 heterocycles. The Balaban J connectivity index is 3.66. The van der Waals surface area contributed by atoms with Crippen LogP contribution in [0.15, 0.2) is 23.8 Å². The Morgan fingerprint density at radius 3 is 1.86 bits per heavy atom. The highest BCUT2D eigenvalue weighted by Crippen LogP contribution is 2.35. The van der Waals surface area contributed by atoms with E-state index in [1.165, 1.54) is 11.1 Å². The van der Waals surface area contributed by atoms with Crippen molar-refractivity contribution in [3.05, 3.63) is 40.5 Å². The second-order valence-electron chi connectivity index (χ2n) is 7.82. The van der Waals surface area contributed by atoms with Crippen LogP contribution in [0, 0.1) is 0 Å². The summed E-state index contributed by atoms with van der Waals surface area (Å²) < 4.78 is 0. The van der Waals surface area contributed by atoms with E-state index in [0.717, 1.165) is 11.1 Å². The van der Waals surface area contributed by atoms with Crippen molar-refractivity contribution in [2.75, 3.05) is 0 Å². The number of hydrogen-bond acceptors (Lipinski definition) is 1. The lowest BCUT2D eigenvalue weighted by Gasteiger charge is -2.27. The van der Waals surface area contributed by atoms with Crippen LogP contribution < -0.4 is 0 Å². The molecule has 0 saturated carbocycles. The van der Waals surface area contributed by atoms with Crippen LogP contribution in [0.4, 0.5) is 0 Å². The molecule has 0 aliphatic rings. The lowest BCUT2D eigenvalue weighted by Crippen LogP contribution is -2.17. The third kappa shape index (κ3) is 3.96. The molecule has 2 nitrogen and oxygen atoms in total. The second kappa shape index (κ2) is 5.67. The van der Waals surface area contributed by atoms with E-state index in [1.54, 1.807) is 6.92 Å². The normalized spacial score (nSPS) is 13.9. The van der Waals surface area contributed by atoms with Crippen molar-refractivity contribution in [3.8, 4) is 0 Å². The Hall–Kier alpha value is -1.57. The molecule has 1 aromatic rings. The van der Waals surface area contributed by atoms with Gasteiger partial charge < -0.3 is 5.11 Å². The largest absolute Gasteiger partial charge is 0.478 e. The van der Waals surface area contributed by atoms with Gasteiger partial charge in [-0.3, -0.25) is 0 Å². The van der Waals surface area contributed by atoms with Crippen molar-refractivity contribution in [2.24, 2.45) is 0 Å². The van der Waals surface area contributed by atoms with E-state index in [1.807, 2.05) is 6.92 Å². The first-order valence-corrected chi connectivity index (χ1v) is 7.42. The van der Waals surface area contributed by atoms with Crippen molar-refractivity contribution >= 4 is 11.5 Å². The molecule has 0 unspecified atom stereocenters. The van der Waals surface area contributed by atoms with Gasteiger partial charge >= 0.3 is 5.97 Å². The van der Waals surface area contributed by atoms with Crippen LogP contribution >= 0.6 is 0 Å². The highest BCUT2D eigenvalue weighted by atomic mass is 16.4. The summed E-state index contributed by atoms with van der Waals surface area (Å²) in [5.74, 6) is -0.853. The monoisotopic (exact) mass is 288 g/mol. The third-order valence-electron chi connectivity index (χ3n) is 3.98. The van der Waals surface area contributed by atoms with E-state index in [0.29, 0.717) is 5.57 Å². The Bertz CT molecular complexity index is 579. The van der Waals surface area contributed by atoms with E-state index in [4.69, 9.17) is 0 Å². The average Bonchev–Trinajstić information content (AvgIpc) is 2.34. The Kier molecular flexibility index (Phi) is 4.72. The zero-order chi connectivity index (χ0) is 16.6. The molecule has 0 aromatic heterocycles. The van der Waals surface area contributed by atoms with E-state index in [9.17, 15) is 9.90 Å². The first-order valence-electron chi connectivity index (χ1n) is 7.42. The molecule has 21 heavy (non-hydrogen) atoms. The fourth-order valence-corrected chi connectivity index (χ4v) is 2.34. The number of hydrogen-bond donors (Lipinski definition) is 1. The van der Waals surface area contributed by atoms with Gasteiger partial charge in [-0.25, -0.2) is 4.79 Å². The van der Waals surface area contributed by atoms with Crippen LogP contribution in [0.2, 0.25) is 0 Å². The van der Waals surface area contributed by atoms with E-state index in [2.05, 4.69) is 59.7 Å². The number of carbonyl (C=O) groups is 1. The molecule has 1 N–H and O–H groups in total. The maximum atomic E-state index is 11.3. The number of aliphatic carboxylic acids is 1. The Morgan fingerprint density at radius 1 is 0.952 bits per heavy atom. The van der Waals surface area contributed by atoms with Crippen LogP contribution in [0.1, 0.15) is 72.1 Å². The van der Waals surface area contributed by atoms with Gasteiger partial charge in [-0.15, -0.1) is 0 Å². The molecule has 0 bridgehead atoms. The molecule has 116 valence electrons. The third-order valence-corrected chi connectivity index (χ3v) is 3.98. The summed E-state index contributed by atoms with van der Waals surface area (Å²) in [5.41, 5.74) is 4.74. The predicted molar refractivity (Wildman–Crippen MR) is 89.7 cm³/mol. The highest BCUT2D eigenvalue weighted by Gasteiger charge is 2.23. The summed E-state index contributed by atoms with van der Waals surface area (Å²) in [6, 6.07) is 6.46. The molecule has 2 heteroatoms. The fraction of sp³-hybridized carbons (Fsp3) is 0.526. The lowest BCUT2D eigenvalue weighted by molar-refractivity contribution is -0.132. The minimum Gasteiger partial charge on any atom is -0.478 e. The summed E-state index contributed by atoms with van der Waals surface area (Å²) in [7, 11) is 0. The summed E-state index contributed by atoms with van der Waals surface area (Å²) in [5, 5.41) is 9.28. The quantitative estimate of drug-likeness (QED) is 0.763.